The minimum absolute atomic E-state index is 0.109. The Bertz CT molecular complexity index is 972. The molecular weight excluding hydrogens is 403 g/mol. The molecule has 0 aliphatic carbocycles. The Morgan fingerprint density at radius 3 is 2.50 bits per heavy atom. The van der Waals surface area contributed by atoms with Crippen molar-refractivity contribution in [2.24, 2.45) is 0 Å². The van der Waals surface area contributed by atoms with Crippen LogP contribution in [0.2, 0.25) is 0 Å². The Morgan fingerprint density at radius 2 is 1.87 bits per heavy atom. The monoisotopic (exact) mass is 428 g/mol. The van der Waals surface area contributed by atoms with Gasteiger partial charge in [-0.05, 0) is 54.1 Å². The smallest absolute Gasteiger partial charge is 0.234 e. The molecule has 2 aromatic carbocycles. The van der Waals surface area contributed by atoms with Gasteiger partial charge in [0.1, 0.15) is 5.82 Å². The number of carbonyl (C=O) groups excluding carboxylic acids is 1. The molecule has 1 amide bonds. The van der Waals surface area contributed by atoms with Crippen LogP contribution >= 0.6 is 11.8 Å². The molecule has 158 valence electrons. The Balaban J connectivity index is 1.67. The van der Waals surface area contributed by atoms with Crippen molar-refractivity contribution in [3.05, 3.63) is 60.5 Å². The van der Waals surface area contributed by atoms with Gasteiger partial charge in [-0.15, -0.1) is 0 Å². The molecule has 1 N–H and O–H groups in total. The van der Waals surface area contributed by atoms with E-state index < -0.39 is 0 Å². The van der Waals surface area contributed by atoms with E-state index in [4.69, 9.17) is 4.74 Å². The van der Waals surface area contributed by atoms with Gasteiger partial charge in [-0.2, -0.15) is 0 Å². The normalized spacial score (nSPS) is 10.8. The Morgan fingerprint density at radius 1 is 1.17 bits per heavy atom. The molecule has 0 saturated heterocycles. The lowest BCUT2D eigenvalue weighted by atomic mass is 10.1. The number of carbonyl (C=O) groups is 1. The van der Waals surface area contributed by atoms with Crippen molar-refractivity contribution in [1.82, 2.24) is 9.55 Å². The largest absolute Gasteiger partial charge is 0.383 e. The predicted octanol–water partition coefficient (Wildman–Crippen LogP) is 4.13. The molecule has 30 heavy (non-hydrogen) atoms. The summed E-state index contributed by atoms with van der Waals surface area (Å²) in [6.45, 7) is 1.09. The molecule has 0 aliphatic heterocycles. The highest BCUT2D eigenvalue weighted by Crippen LogP contribution is 2.26. The Hall–Kier alpha value is -2.84. The van der Waals surface area contributed by atoms with Crippen LogP contribution in [0.3, 0.4) is 0 Å². The second kappa shape index (κ2) is 10.3. The van der Waals surface area contributed by atoms with Crippen LogP contribution < -0.4 is 10.2 Å². The standard InChI is InChI=1S/C22H25FN4O2S/c1-26(2)19-10-8-18(9-11-19)25-21(28)15-30-22-24-14-20(27(22)12-13-29-3)16-4-6-17(23)7-5-16/h4-11,14H,12-13,15H2,1-3H3,(H,25,28). The molecular formula is C22H25FN4O2S. The number of hydrogen-bond donors (Lipinski definition) is 1. The third-order valence-electron chi connectivity index (χ3n) is 4.48. The maximum atomic E-state index is 13.3. The Labute approximate surface area is 180 Å². The summed E-state index contributed by atoms with van der Waals surface area (Å²) in [5.74, 6) is -0.170. The average molecular weight is 429 g/mol. The van der Waals surface area contributed by atoms with E-state index in [1.807, 2.05) is 47.8 Å². The highest BCUT2D eigenvalue weighted by Gasteiger charge is 2.14. The number of imidazole rings is 1. The lowest BCUT2D eigenvalue weighted by Crippen LogP contribution is -2.15. The maximum Gasteiger partial charge on any atom is 0.234 e. The third kappa shape index (κ3) is 5.61. The summed E-state index contributed by atoms with van der Waals surface area (Å²) >= 11 is 1.35. The fourth-order valence-electron chi connectivity index (χ4n) is 2.89. The van der Waals surface area contributed by atoms with Gasteiger partial charge in [-0.1, -0.05) is 11.8 Å². The molecule has 0 bridgehead atoms. The summed E-state index contributed by atoms with van der Waals surface area (Å²) in [5.41, 5.74) is 3.53. The summed E-state index contributed by atoms with van der Waals surface area (Å²) < 4.78 is 20.5. The Kier molecular flexibility index (Phi) is 7.48. The first-order chi connectivity index (χ1) is 14.5. The summed E-state index contributed by atoms with van der Waals surface area (Å²) in [4.78, 5) is 18.9. The van der Waals surface area contributed by atoms with E-state index in [2.05, 4.69) is 10.3 Å². The van der Waals surface area contributed by atoms with E-state index in [0.717, 1.165) is 22.6 Å². The molecule has 1 aromatic heterocycles. The van der Waals surface area contributed by atoms with Crippen LogP contribution in [0, 0.1) is 5.82 Å². The van der Waals surface area contributed by atoms with Crippen LogP contribution in [0.4, 0.5) is 15.8 Å². The number of anilines is 2. The zero-order valence-electron chi connectivity index (χ0n) is 17.3. The highest BCUT2D eigenvalue weighted by atomic mass is 32.2. The van der Waals surface area contributed by atoms with Crippen LogP contribution in [0.25, 0.3) is 11.3 Å². The van der Waals surface area contributed by atoms with Crippen molar-refractivity contribution in [3.63, 3.8) is 0 Å². The van der Waals surface area contributed by atoms with Gasteiger partial charge < -0.3 is 19.5 Å². The molecule has 0 fully saturated rings. The SMILES string of the molecule is COCCn1c(-c2ccc(F)cc2)cnc1SCC(=O)Nc1ccc(N(C)C)cc1. The molecule has 0 spiro atoms. The fraction of sp³-hybridized carbons (Fsp3) is 0.273. The van der Waals surface area contributed by atoms with Gasteiger partial charge >= 0.3 is 0 Å². The van der Waals surface area contributed by atoms with E-state index in [-0.39, 0.29) is 17.5 Å². The molecule has 0 radical (unpaired) electrons. The fourth-order valence-corrected chi connectivity index (χ4v) is 3.70. The molecule has 1 heterocycles. The van der Waals surface area contributed by atoms with Crippen LogP contribution in [0.5, 0.6) is 0 Å². The first-order valence-electron chi connectivity index (χ1n) is 9.48. The zero-order chi connectivity index (χ0) is 21.5. The number of amides is 1. The molecule has 0 atom stereocenters. The summed E-state index contributed by atoms with van der Waals surface area (Å²) in [5, 5.41) is 3.62. The summed E-state index contributed by atoms with van der Waals surface area (Å²) in [6, 6.07) is 13.9. The number of nitrogens with one attached hydrogen (secondary N) is 1. The van der Waals surface area contributed by atoms with Crippen molar-refractivity contribution in [2.75, 3.05) is 43.8 Å². The quantitative estimate of drug-likeness (QED) is 0.519. The number of nitrogens with zero attached hydrogens (tertiary/aromatic N) is 3. The number of ether oxygens (including phenoxy) is 1. The highest BCUT2D eigenvalue weighted by molar-refractivity contribution is 7.99. The number of rotatable bonds is 9. The van der Waals surface area contributed by atoms with E-state index in [1.54, 1.807) is 25.4 Å². The molecule has 0 saturated carbocycles. The van der Waals surface area contributed by atoms with E-state index >= 15 is 0 Å². The van der Waals surface area contributed by atoms with Crippen molar-refractivity contribution in [1.29, 1.82) is 0 Å². The second-order valence-electron chi connectivity index (χ2n) is 6.86. The lowest BCUT2D eigenvalue weighted by molar-refractivity contribution is -0.113. The molecule has 3 rings (SSSR count). The van der Waals surface area contributed by atoms with Crippen molar-refractivity contribution >= 4 is 29.0 Å². The number of aromatic nitrogens is 2. The average Bonchev–Trinajstić information content (AvgIpc) is 3.14. The third-order valence-corrected chi connectivity index (χ3v) is 5.47. The van der Waals surface area contributed by atoms with Gasteiger partial charge in [-0.3, -0.25) is 4.79 Å². The minimum atomic E-state index is -0.286. The van der Waals surface area contributed by atoms with Crippen LogP contribution in [-0.4, -0.2) is 49.0 Å². The van der Waals surface area contributed by atoms with Gasteiger partial charge in [0.05, 0.1) is 24.3 Å². The van der Waals surface area contributed by atoms with Crippen molar-refractivity contribution in [3.8, 4) is 11.3 Å². The summed E-state index contributed by atoms with van der Waals surface area (Å²) in [6.07, 6.45) is 1.74. The van der Waals surface area contributed by atoms with Gasteiger partial charge in [0.15, 0.2) is 5.16 Å². The number of halogens is 1. The zero-order valence-corrected chi connectivity index (χ0v) is 18.1. The molecule has 3 aromatic rings. The van der Waals surface area contributed by atoms with Crippen molar-refractivity contribution in [2.45, 2.75) is 11.7 Å². The van der Waals surface area contributed by atoms with Gasteiger partial charge in [0.25, 0.3) is 0 Å². The predicted molar refractivity (Wildman–Crippen MR) is 120 cm³/mol. The number of hydrogen-bond acceptors (Lipinski definition) is 5. The van der Waals surface area contributed by atoms with Gasteiger partial charge in [-0.25, -0.2) is 9.37 Å². The topological polar surface area (TPSA) is 59.4 Å². The van der Waals surface area contributed by atoms with Crippen LogP contribution in [0.1, 0.15) is 0 Å². The number of thioether (sulfide) groups is 1. The summed E-state index contributed by atoms with van der Waals surface area (Å²) in [7, 11) is 5.57. The number of methoxy groups -OCH3 is 1. The van der Waals surface area contributed by atoms with Gasteiger partial charge in [0, 0.05) is 39.1 Å². The van der Waals surface area contributed by atoms with Crippen LogP contribution in [0.15, 0.2) is 59.9 Å². The van der Waals surface area contributed by atoms with Gasteiger partial charge in [0.2, 0.25) is 5.91 Å². The molecule has 0 unspecified atom stereocenters. The van der Waals surface area contributed by atoms with E-state index in [1.165, 1.54) is 23.9 Å². The van der Waals surface area contributed by atoms with E-state index in [9.17, 15) is 9.18 Å². The lowest BCUT2D eigenvalue weighted by Gasteiger charge is -2.13. The first kappa shape index (κ1) is 21.9. The van der Waals surface area contributed by atoms with Crippen LogP contribution in [-0.2, 0) is 16.1 Å². The molecule has 0 aliphatic rings. The first-order valence-corrected chi connectivity index (χ1v) is 10.5. The van der Waals surface area contributed by atoms with E-state index in [0.29, 0.717) is 18.3 Å². The maximum absolute atomic E-state index is 13.3. The molecule has 6 nitrogen and oxygen atoms in total. The second-order valence-corrected chi connectivity index (χ2v) is 7.80. The van der Waals surface area contributed by atoms with Crippen molar-refractivity contribution < 1.29 is 13.9 Å². The minimum Gasteiger partial charge on any atom is -0.383 e. The molecule has 8 heteroatoms. The number of benzene rings is 2.